The van der Waals surface area contributed by atoms with Gasteiger partial charge in [-0.25, -0.2) is 8.78 Å². The number of carbonyl (C=O) groups is 1. The fourth-order valence-corrected chi connectivity index (χ4v) is 3.16. The highest BCUT2D eigenvalue weighted by Crippen LogP contribution is 2.27. The molecule has 2 N–H and O–H groups in total. The van der Waals surface area contributed by atoms with Crippen LogP contribution in [-0.4, -0.2) is 30.0 Å². The van der Waals surface area contributed by atoms with Gasteiger partial charge in [-0.15, -0.1) is 24.8 Å². The number of nitrogens with zero attached hydrogens (tertiary/aromatic N) is 1. The van der Waals surface area contributed by atoms with Crippen molar-refractivity contribution < 1.29 is 13.6 Å². The highest BCUT2D eigenvalue weighted by molar-refractivity contribution is 6.33. The summed E-state index contributed by atoms with van der Waals surface area (Å²) in [5.74, 6) is -2.18. The first-order chi connectivity index (χ1) is 11.6. The number of halogens is 5. The number of hydrogen-bond donors (Lipinski definition) is 2. The first-order valence-electron chi connectivity index (χ1n) is 7.62. The summed E-state index contributed by atoms with van der Waals surface area (Å²) in [5, 5.41) is 6.40. The largest absolute Gasteiger partial charge is 0.347 e. The standard InChI is InChI=1S/C17H16ClF2N3O.2ClH/c18-13-8-21-6-4-12(13)17(24)23-16-9-22-5-3-11(16)10-1-2-14(19)15(20)7-10;;/h1-2,4,6-8,11,16,22H,3,5,9H2,(H,23,24);2*1H. The molecule has 1 aliphatic rings. The molecule has 2 atom stereocenters. The molecule has 0 spiro atoms. The van der Waals surface area contributed by atoms with Crippen molar-refractivity contribution in [3.8, 4) is 0 Å². The Bertz CT molecular complexity index is 764. The predicted molar refractivity (Wildman–Crippen MR) is 102 cm³/mol. The van der Waals surface area contributed by atoms with Crippen LogP contribution in [0.2, 0.25) is 5.02 Å². The highest BCUT2D eigenvalue weighted by atomic mass is 35.5. The van der Waals surface area contributed by atoms with Crippen LogP contribution < -0.4 is 10.6 Å². The fraction of sp³-hybridized carbons (Fsp3) is 0.294. The summed E-state index contributed by atoms with van der Waals surface area (Å²) in [5.41, 5.74) is 1.00. The van der Waals surface area contributed by atoms with Gasteiger partial charge >= 0.3 is 0 Å². The molecule has 1 aromatic carbocycles. The molecule has 1 aromatic heterocycles. The van der Waals surface area contributed by atoms with Crippen LogP contribution in [0.3, 0.4) is 0 Å². The molecule has 4 nitrogen and oxygen atoms in total. The van der Waals surface area contributed by atoms with E-state index in [0.29, 0.717) is 24.1 Å². The van der Waals surface area contributed by atoms with Crippen molar-refractivity contribution in [1.29, 1.82) is 0 Å². The average molecular weight is 425 g/mol. The van der Waals surface area contributed by atoms with Gasteiger partial charge < -0.3 is 10.6 Å². The van der Waals surface area contributed by atoms with Gasteiger partial charge in [0.15, 0.2) is 11.6 Å². The van der Waals surface area contributed by atoms with Gasteiger partial charge in [0.25, 0.3) is 5.91 Å². The lowest BCUT2D eigenvalue weighted by molar-refractivity contribution is 0.0924. The number of amides is 1. The lowest BCUT2D eigenvalue weighted by Crippen LogP contribution is -2.50. The third kappa shape index (κ3) is 5.04. The predicted octanol–water partition coefficient (Wildman–Crippen LogP) is 3.73. The number of piperidine rings is 1. The maximum atomic E-state index is 13.5. The second kappa shape index (κ2) is 10.0. The number of aromatic nitrogens is 1. The number of carbonyl (C=O) groups excluding carboxylic acids is 1. The lowest BCUT2D eigenvalue weighted by Gasteiger charge is -2.33. The van der Waals surface area contributed by atoms with E-state index in [1.54, 1.807) is 12.1 Å². The molecule has 2 aromatic rings. The van der Waals surface area contributed by atoms with Crippen LogP contribution in [0.5, 0.6) is 0 Å². The van der Waals surface area contributed by atoms with E-state index >= 15 is 0 Å². The van der Waals surface area contributed by atoms with Crippen molar-refractivity contribution in [2.24, 2.45) is 0 Å². The van der Waals surface area contributed by atoms with E-state index in [2.05, 4.69) is 15.6 Å². The van der Waals surface area contributed by atoms with E-state index in [1.165, 1.54) is 18.5 Å². The summed E-state index contributed by atoms with van der Waals surface area (Å²) >= 11 is 6.00. The first-order valence-corrected chi connectivity index (χ1v) is 8.00. The molecule has 0 aliphatic carbocycles. The number of nitrogens with one attached hydrogen (secondary N) is 2. The minimum atomic E-state index is -0.881. The molecule has 1 saturated heterocycles. The van der Waals surface area contributed by atoms with Gasteiger partial charge in [0, 0.05) is 30.9 Å². The molecule has 142 valence electrons. The normalized spacial score (nSPS) is 19.0. The maximum absolute atomic E-state index is 13.5. The molecular weight excluding hydrogens is 407 g/mol. The molecular formula is C17H18Cl3F2N3O. The number of rotatable bonds is 3. The molecule has 1 aliphatic heterocycles. The van der Waals surface area contributed by atoms with Gasteiger partial charge in [-0.3, -0.25) is 9.78 Å². The Balaban J connectivity index is 0.00000169. The van der Waals surface area contributed by atoms with Crippen LogP contribution in [0, 0.1) is 11.6 Å². The second-order valence-electron chi connectivity index (χ2n) is 5.71. The van der Waals surface area contributed by atoms with Crippen LogP contribution in [0.4, 0.5) is 8.78 Å². The van der Waals surface area contributed by atoms with Crippen molar-refractivity contribution in [3.05, 3.63) is 64.4 Å². The van der Waals surface area contributed by atoms with E-state index in [1.807, 2.05) is 0 Å². The number of hydrogen-bond acceptors (Lipinski definition) is 3. The van der Waals surface area contributed by atoms with Gasteiger partial charge in [0.2, 0.25) is 0 Å². The average Bonchev–Trinajstić information content (AvgIpc) is 2.58. The molecule has 2 heterocycles. The number of pyridine rings is 1. The zero-order chi connectivity index (χ0) is 17.1. The van der Waals surface area contributed by atoms with E-state index in [9.17, 15) is 13.6 Å². The molecule has 1 amide bonds. The van der Waals surface area contributed by atoms with Crippen molar-refractivity contribution >= 4 is 42.3 Å². The van der Waals surface area contributed by atoms with Gasteiger partial charge in [-0.05, 0) is 36.7 Å². The van der Waals surface area contributed by atoms with Crippen LogP contribution in [-0.2, 0) is 0 Å². The van der Waals surface area contributed by atoms with E-state index in [-0.39, 0.29) is 47.7 Å². The number of benzene rings is 1. The molecule has 9 heteroatoms. The zero-order valence-electron chi connectivity index (χ0n) is 13.5. The highest BCUT2D eigenvalue weighted by Gasteiger charge is 2.29. The summed E-state index contributed by atoms with van der Waals surface area (Å²) in [6.07, 6.45) is 3.61. The fourth-order valence-electron chi connectivity index (χ4n) is 2.96. The van der Waals surface area contributed by atoms with Gasteiger partial charge in [-0.2, -0.15) is 0 Å². The summed E-state index contributed by atoms with van der Waals surface area (Å²) < 4.78 is 26.7. The Kier molecular flexibility index (Phi) is 8.70. The van der Waals surface area contributed by atoms with Crippen LogP contribution in [0.1, 0.15) is 28.3 Å². The molecule has 0 bridgehead atoms. The lowest BCUT2D eigenvalue weighted by atomic mass is 9.86. The van der Waals surface area contributed by atoms with Crippen LogP contribution >= 0.6 is 36.4 Å². The van der Waals surface area contributed by atoms with Crippen LogP contribution in [0.15, 0.2) is 36.7 Å². The monoisotopic (exact) mass is 423 g/mol. The van der Waals surface area contributed by atoms with Crippen molar-refractivity contribution in [3.63, 3.8) is 0 Å². The van der Waals surface area contributed by atoms with E-state index < -0.39 is 11.6 Å². The topological polar surface area (TPSA) is 54.0 Å². The molecule has 3 rings (SSSR count). The SMILES string of the molecule is Cl.Cl.O=C(NC1CNCCC1c1ccc(F)c(F)c1)c1ccncc1Cl. The van der Waals surface area contributed by atoms with Gasteiger partial charge in [-0.1, -0.05) is 17.7 Å². The Morgan fingerprint density at radius 2 is 2.00 bits per heavy atom. The Morgan fingerprint density at radius 1 is 1.23 bits per heavy atom. The Labute approximate surface area is 167 Å². The summed E-state index contributed by atoms with van der Waals surface area (Å²) in [6, 6.07) is 5.17. The quantitative estimate of drug-likeness (QED) is 0.789. The Morgan fingerprint density at radius 3 is 2.69 bits per heavy atom. The minimum Gasteiger partial charge on any atom is -0.347 e. The van der Waals surface area contributed by atoms with Crippen molar-refractivity contribution in [2.45, 2.75) is 18.4 Å². The molecule has 26 heavy (non-hydrogen) atoms. The smallest absolute Gasteiger partial charge is 0.253 e. The summed E-state index contributed by atoms with van der Waals surface area (Å²) in [4.78, 5) is 16.3. The van der Waals surface area contributed by atoms with E-state index in [0.717, 1.165) is 12.6 Å². The minimum absolute atomic E-state index is 0. The maximum Gasteiger partial charge on any atom is 0.253 e. The summed E-state index contributed by atoms with van der Waals surface area (Å²) in [7, 11) is 0. The zero-order valence-corrected chi connectivity index (χ0v) is 15.9. The molecule has 0 saturated carbocycles. The molecule has 2 unspecified atom stereocenters. The second-order valence-corrected chi connectivity index (χ2v) is 6.12. The third-order valence-corrected chi connectivity index (χ3v) is 4.49. The third-order valence-electron chi connectivity index (χ3n) is 4.19. The molecule has 0 radical (unpaired) electrons. The van der Waals surface area contributed by atoms with E-state index in [4.69, 9.17) is 11.6 Å². The van der Waals surface area contributed by atoms with Crippen LogP contribution in [0.25, 0.3) is 0 Å². The molecule has 1 fully saturated rings. The van der Waals surface area contributed by atoms with Crippen molar-refractivity contribution in [2.75, 3.05) is 13.1 Å². The summed E-state index contributed by atoms with van der Waals surface area (Å²) in [6.45, 7) is 1.28. The Hall–Kier alpha value is -1.47. The van der Waals surface area contributed by atoms with Crippen molar-refractivity contribution in [1.82, 2.24) is 15.6 Å². The van der Waals surface area contributed by atoms with Gasteiger partial charge in [0.05, 0.1) is 10.6 Å². The first kappa shape index (κ1) is 22.6. The van der Waals surface area contributed by atoms with Gasteiger partial charge in [0.1, 0.15) is 0 Å².